The van der Waals surface area contributed by atoms with E-state index in [1.165, 1.54) is 5.92 Å². The Bertz CT molecular complexity index is 1140. The molecule has 0 aromatic heterocycles. The molecule has 2 aromatic rings. The van der Waals surface area contributed by atoms with Gasteiger partial charge >= 0.3 is 12.3 Å². The molecular formula is C25H22F8O. The fraction of sp³-hybridized carbons (Fsp3) is 0.520. The second-order valence-electron chi connectivity index (χ2n) is 9.41. The van der Waals surface area contributed by atoms with Crippen molar-refractivity contribution in [3.8, 4) is 17.6 Å². The third-order valence-corrected chi connectivity index (χ3v) is 6.99. The predicted octanol–water partition coefficient (Wildman–Crippen LogP) is 8.00. The summed E-state index contributed by atoms with van der Waals surface area (Å²) in [5.41, 5.74) is -1.26. The zero-order chi connectivity index (χ0) is 24.8. The van der Waals surface area contributed by atoms with Gasteiger partial charge in [-0.25, -0.2) is 13.2 Å². The minimum atomic E-state index is -5.01. The van der Waals surface area contributed by atoms with E-state index in [1.807, 2.05) is 0 Å². The lowest BCUT2D eigenvalue weighted by Crippen LogP contribution is -2.41. The van der Waals surface area contributed by atoms with E-state index in [9.17, 15) is 35.1 Å². The van der Waals surface area contributed by atoms with Gasteiger partial charge in [0.15, 0.2) is 5.82 Å². The number of rotatable bonds is 3. The molecule has 0 saturated heterocycles. The molecule has 0 aliphatic heterocycles. The number of fused-ring (bicyclic) bond motifs is 2. The van der Waals surface area contributed by atoms with Gasteiger partial charge in [0, 0.05) is 12.0 Å². The molecule has 0 radical (unpaired) electrons. The van der Waals surface area contributed by atoms with Crippen LogP contribution in [0.4, 0.5) is 35.1 Å². The first kappa shape index (κ1) is 24.6. The number of benzene rings is 2. The molecule has 4 atom stereocenters. The molecule has 1 nitrogen and oxygen atoms in total. The largest absolute Gasteiger partial charge is 0.458 e. The lowest BCUT2D eigenvalue weighted by atomic mass is 9.65. The van der Waals surface area contributed by atoms with Crippen molar-refractivity contribution in [2.45, 2.75) is 57.7 Å². The second kappa shape index (κ2) is 8.94. The van der Waals surface area contributed by atoms with Crippen LogP contribution in [0.5, 0.6) is 5.75 Å². The van der Waals surface area contributed by atoms with Crippen molar-refractivity contribution >= 4 is 10.8 Å². The Morgan fingerprint density at radius 2 is 1.53 bits per heavy atom. The van der Waals surface area contributed by atoms with Crippen LogP contribution >= 0.6 is 0 Å². The number of hydrogen-bond donors (Lipinski definition) is 0. The highest BCUT2D eigenvalue weighted by Crippen LogP contribution is 2.49. The average Bonchev–Trinajstić information content (AvgIpc) is 2.71. The quantitative estimate of drug-likeness (QED) is 0.313. The van der Waals surface area contributed by atoms with Gasteiger partial charge in [0.2, 0.25) is 0 Å². The van der Waals surface area contributed by atoms with Crippen LogP contribution in [0.1, 0.15) is 51.0 Å². The zero-order valence-electron chi connectivity index (χ0n) is 18.2. The van der Waals surface area contributed by atoms with Gasteiger partial charge in [-0.2, -0.15) is 22.0 Å². The van der Waals surface area contributed by atoms with Gasteiger partial charge in [0.1, 0.15) is 17.4 Å². The monoisotopic (exact) mass is 490 g/mol. The Kier molecular flexibility index (Phi) is 6.47. The van der Waals surface area contributed by atoms with Crippen LogP contribution in [0.3, 0.4) is 0 Å². The normalized spacial score (nSPS) is 25.4. The SMILES string of the molecule is CC1CCC2CC(C(F)(F)Oc3cc(F)c4c(F)c(C#CC(F)(F)F)c(F)cc4c3)CCC2C1. The van der Waals surface area contributed by atoms with Crippen LogP contribution in [0, 0.1) is 53.0 Å². The van der Waals surface area contributed by atoms with E-state index in [-0.39, 0.29) is 18.8 Å². The van der Waals surface area contributed by atoms with E-state index >= 15 is 0 Å². The van der Waals surface area contributed by atoms with Gasteiger partial charge in [0.25, 0.3) is 0 Å². The van der Waals surface area contributed by atoms with E-state index in [1.54, 1.807) is 0 Å². The van der Waals surface area contributed by atoms with E-state index in [0.717, 1.165) is 31.2 Å². The highest BCUT2D eigenvalue weighted by atomic mass is 19.4. The molecule has 0 heterocycles. The lowest BCUT2D eigenvalue weighted by molar-refractivity contribution is -0.228. The highest BCUT2D eigenvalue weighted by Gasteiger charge is 2.47. The van der Waals surface area contributed by atoms with Crippen molar-refractivity contribution in [3.63, 3.8) is 0 Å². The van der Waals surface area contributed by atoms with Crippen LogP contribution in [0.2, 0.25) is 0 Å². The maximum atomic E-state index is 15.0. The minimum Gasteiger partial charge on any atom is -0.432 e. The van der Waals surface area contributed by atoms with Crippen molar-refractivity contribution in [1.29, 1.82) is 0 Å². The van der Waals surface area contributed by atoms with Crippen LogP contribution in [0.25, 0.3) is 10.8 Å². The third kappa shape index (κ3) is 5.11. The highest BCUT2D eigenvalue weighted by molar-refractivity contribution is 5.87. The van der Waals surface area contributed by atoms with Crippen LogP contribution < -0.4 is 4.74 Å². The average molecular weight is 490 g/mol. The summed E-state index contributed by atoms with van der Waals surface area (Å²) in [5, 5.41) is -1.33. The van der Waals surface area contributed by atoms with Crippen molar-refractivity contribution < 1.29 is 39.9 Å². The van der Waals surface area contributed by atoms with E-state index in [2.05, 4.69) is 6.92 Å². The Morgan fingerprint density at radius 1 is 0.853 bits per heavy atom. The Morgan fingerprint density at radius 3 is 2.24 bits per heavy atom. The summed E-state index contributed by atoms with van der Waals surface area (Å²) in [5.74, 6) is -2.98. The molecular weight excluding hydrogens is 468 g/mol. The summed E-state index contributed by atoms with van der Waals surface area (Å²) in [6, 6.07) is 1.90. The maximum Gasteiger partial charge on any atom is 0.458 e. The summed E-state index contributed by atoms with van der Waals surface area (Å²) in [6.45, 7) is 2.16. The van der Waals surface area contributed by atoms with Gasteiger partial charge in [-0.15, -0.1) is 0 Å². The van der Waals surface area contributed by atoms with Crippen LogP contribution in [0.15, 0.2) is 18.2 Å². The molecule has 34 heavy (non-hydrogen) atoms. The van der Waals surface area contributed by atoms with Gasteiger partial charge in [-0.3, -0.25) is 0 Å². The number of hydrogen-bond acceptors (Lipinski definition) is 1. The molecule has 9 heteroatoms. The fourth-order valence-electron chi connectivity index (χ4n) is 5.36. The molecule has 4 unspecified atom stereocenters. The van der Waals surface area contributed by atoms with Gasteiger partial charge < -0.3 is 4.74 Å². The molecule has 0 amide bonds. The van der Waals surface area contributed by atoms with Crippen molar-refractivity contribution in [2.24, 2.45) is 23.7 Å². The molecule has 2 saturated carbocycles. The summed E-state index contributed by atoms with van der Waals surface area (Å²) < 4.78 is 115. The Labute approximate surface area is 191 Å². The summed E-state index contributed by atoms with van der Waals surface area (Å²) in [6.07, 6.45) is -4.56. The van der Waals surface area contributed by atoms with E-state index in [4.69, 9.17) is 4.74 Å². The summed E-state index contributed by atoms with van der Waals surface area (Å²) in [4.78, 5) is 0. The third-order valence-electron chi connectivity index (χ3n) is 6.99. The molecule has 2 aliphatic carbocycles. The molecule has 4 rings (SSSR count). The van der Waals surface area contributed by atoms with Crippen LogP contribution in [-0.4, -0.2) is 12.3 Å². The number of halogens is 8. The first-order valence-electron chi connectivity index (χ1n) is 11.1. The predicted molar refractivity (Wildman–Crippen MR) is 110 cm³/mol. The second-order valence-corrected chi connectivity index (χ2v) is 9.41. The minimum absolute atomic E-state index is 0.178. The first-order chi connectivity index (χ1) is 15.8. The molecule has 184 valence electrons. The standard InChI is InChI=1S/C25H22F8O/c1-13-2-3-15-9-17(5-4-14(15)8-13)25(32,33)34-18-10-16-11-20(26)19(6-7-24(29,30)31)23(28)22(16)21(27)12-18/h10-15,17H,2-5,8-9H2,1H3. The molecule has 0 spiro atoms. The Balaban J connectivity index is 1.59. The summed E-state index contributed by atoms with van der Waals surface area (Å²) in [7, 11) is 0. The molecule has 0 bridgehead atoms. The topological polar surface area (TPSA) is 9.23 Å². The van der Waals surface area contributed by atoms with Gasteiger partial charge in [0.05, 0.1) is 16.9 Å². The maximum absolute atomic E-state index is 15.0. The van der Waals surface area contributed by atoms with Gasteiger partial charge in [-0.1, -0.05) is 19.3 Å². The first-order valence-corrected chi connectivity index (χ1v) is 11.1. The number of alkyl halides is 5. The molecule has 2 aromatic carbocycles. The Hall–Kier alpha value is -2.50. The fourth-order valence-corrected chi connectivity index (χ4v) is 5.36. The van der Waals surface area contributed by atoms with E-state index in [0.29, 0.717) is 30.4 Å². The van der Waals surface area contributed by atoms with Crippen LogP contribution in [-0.2, 0) is 0 Å². The molecule has 2 aliphatic rings. The van der Waals surface area contributed by atoms with Crippen molar-refractivity contribution in [3.05, 3.63) is 41.2 Å². The molecule has 2 fully saturated rings. The van der Waals surface area contributed by atoms with Gasteiger partial charge in [-0.05, 0) is 67.4 Å². The van der Waals surface area contributed by atoms with Crippen molar-refractivity contribution in [1.82, 2.24) is 0 Å². The van der Waals surface area contributed by atoms with E-state index < -0.39 is 57.7 Å². The lowest BCUT2D eigenvalue weighted by Gasteiger charge is -2.42. The van der Waals surface area contributed by atoms with Crippen molar-refractivity contribution in [2.75, 3.05) is 0 Å². The molecule has 0 N–H and O–H groups in total. The summed E-state index contributed by atoms with van der Waals surface area (Å²) >= 11 is 0. The smallest absolute Gasteiger partial charge is 0.432 e. The number of ether oxygens (including phenoxy) is 1. The zero-order valence-corrected chi connectivity index (χ0v) is 18.2.